The number of nitrogens with zero attached hydrogens (tertiary/aromatic N) is 5. The molecule has 0 spiro atoms. The van der Waals surface area contributed by atoms with Crippen molar-refractivity contribution in [2.45, 2.75) is 45.4 Å². The van der Waals surface area contributed by atoms with Gasteiger partial charge in [0, 0.05) is 70.3 Å². The van der Waals surface area contributed by atoms with Gasteiger partial charge in [0.15, 0.2) is 41.7 Å². The molecule has 123 heavy (non-hydrogen) atoms. The predicted octanol–water partition coefficient (Wildman–Crippen LogP) is 11.7. The molecule has 0 bridgehead atoms. The summed E-state index contributed by atoms with van der Waals surface area (Å²) in [6, 6.07) is 34.0. The van der Waals surface area contributed by atoms with E-state index in [-0.39, 0.29) is 98.0 Å². The highest BCUT2D eigenvalue weighted by Gasteiger charge is 2.24. The van der Waals surface area contributed by atoms with E-state index >= 15 is 0 Å². The van der Waals surface area contributed by atoms with Crippen molar-refractivity contribution >= 4 is 63.0 Å². The first-order valence-electron chi connectivity index (χ1n) is 35.5. The van der Waals surface area contributed by atoms with E-state index in [0.29, 0.717) is 10.9 Å². The van der Waals surface area contributed by atoms with Gasteiger partial charge >= 0.3 is 30.0 Å². The number of carbonyl (C=O) groups is 5. The number of pyridine rings is 5. The van der Waals surface area contributed by atoms with Gasteiger partial charge in [-0.25, -0.2) is 45.9 Å². The molecule has 0 aliphatic heterocycles. The number of halogens is 6. The number of anilines is 3. The van der Waals surface area contributed by atoms with Crippen LogP contribution >= 0.6 is 15.9 Å². The monoisotopic (exact) mass is 1780 g/mol. The van der Waals surface area contributed by atoms with Crippen LogP contribution in [-0.2, 0) is 52.2 Å². The van der Waals surface area contributed by atoms with Gasteiger partial charge in [0.1, 0.15) is 90.9 Å². The number of amides is 1. The fourth-order valence-corrected chi connectivity index (χ4v) is 10.5. The number of carbonyl (C=O) groups excluding carboxylic acids is 4. The van der Waals surface area contributed by atoms with Crippen molar-refractivity contribution in [3.8, 4) is 57.2 Å². The second-order valence-corrected chi connectivity index (χ2v) is 25.6. The average Bonchev–Trinajstić information content (AvgIpc) is 0.805. The van der Waals surface area contributed by atoms with Gasteiger partial charge in [-0.15, -0.1) is 0 Å². The molecule has 0 radical (unpaired) electrons. The number of para-hydroxylation sites is 5. The predicted molar refractivity (Wildman–Crippen MR) is 446 cm³/mol. The number of nitrogen functional groups attached to an aromatic ring is 2. The summed E-state index contributed by atoms with van der Waals surface area (Å²) >= 11 is 3.14. The molecule has 0 saturated heterocycles. The van der Waals surface area contributed by atoms with Crippen LogP contribution in [0.3, 0.4) is 0 Å². The molecule has 6 N–H and O–H groups in total. The van der Waals surface area contributed by atoms with E-state index in [1.807, 2.05) is 0 Å². The SMILES string of the molecule is CO/C=C\C=C(C(=O)OC)C(=O)OC.COC(=O)c1cccn(-c2c(F)cccc2OC)c1=O.COC(CC(OC)OC)OC.COc1cccc(F)c1-n1ccc(Br)c(N)c1=O.COc1cccc(F)c1-n1cccc(C(=O)O)c1=O.COc1cccc(F)c1-n1cccc(N)c1=O.COc1cccc(F)c1-n1cccc(NC(=O)OC(C)(C)C)c1=O. The second kappa shape index (κ2) is 50.0. The second-order valence-electron chi connectivity index (χ2n) is 24.7. The topological polar surface area (TPSA) is 409 Å². The molecule has 39 heteroatoms. The molecule has 0 atom stereocenters. The lowest BCUT2D eigenvalue weighted by Crippen LogP contribution is -2.30. The summed E-state index contributed by atoms with van der Waals surface area (Å²) in [5, 5.41) is 11.3. The highest BCUT2D eigenvalue weighted by atomic mass is 79.9. The van der Waals surface area contributed by atoms with Crippen LogP contribution < -0.4 is 68.3 Å². The first kappa shape index (κ1) is 101. The molecule has 10 aromatic rings. The molecule has 33 nitrogen and oxygen atoms in total. The lowest BCUT2D eigenvalue weighted by atomic mass is 10.2. The molecule has 10 rings (SSSR count). The minimum absolute atomic E-state index is 0.0165. The molecule has 5 heterocycles. The zero-order valence-electron chi connectivity index (χ0n) is 69.2. The van der Waals surface area contributed by atoms with Crippen molar-refractivity contribution in [2.24, 2.45) is 0 Å². The van der Waals surface area contributed by atoms with Crippen molar-refractivity contribution in [2.75, 3.05) is 109 Å². The van der Waals surface area contributed by atoms with Gasteiger partial charge in [0.25, 0.3) is 27.8 Å². The fraction of sp³-hybridized carbons (Fsp3) is 0.238. The van der Waals surface area contributed by atoms with Crippen LogP contribution in [0.2, 0.25) is 0 Å². The molecule has 0 aliphatic rings. The minimum Gasteiger partial charge on any atom is -0.504 e. The average molecular weight is 1790 g/mol. The van der Waals surface area contributed by atoms with Crippen LogP contribution in [0, 0.1) is 29.1 Å². The molecule has 1 amide bonds. The number of esters is 3. The molecule has 0 saturated carbocycles. The molecule has 0 fully saturated rings. The summed E-state index contributed by atoms with van der Waals surface area (Å²) in [5.41, 5.74) is 6.48. The quantitative estimate of drug-likeness (QED) is 0.00532. The number of carboxylic acids is 1. The fourth-order valence-electron chi connectivity index (χ4n) is 10.2. The Kier molecular flexibility index (Phi) is 41.2. The largest absolute Gasteiger partial charge is 0.504 e. The Hall–Kier alpha value is -14.2. The number of nitrogens with one attached hydrogen (secondary N) is 1. The number of allylic oxidation sites excluding steroid dienone is 2. The number of hydrogen-bond acceptors (Lipinski definition) is 26. The molecule has 5 aromatic heterocycles. The number of rotatable bonds is 23. The highest BCUT2D eigenvalue weighted by molar-refractivity contribution is 9.10. The highest BCUT2D eigenvalue weighted by Crippen LogP contribution is 2.30. The number of aromatic nitrogens is 5. The lowest BCUT2D eigenvalue weighted by Gasteiger charge is -2.19. The first-order valence-corrected chi connectivity index (χ1v) is 36.3. The van der Waals surface area contributed by atoms with Gasteiger partial charge in [-0.3, -0.25) is 52.1 Å². The zero-order chi connectivity index (χ0) is 92.0. The molecule has 658 valence electrons. The standard InChI is InChI=1S/C17H19FN2O4.C14H12FNO4.C13H10FNO4.C12H10BrFN2O2.C12H11FN2O2.C9H12O5.C7H16O4/c1-17(2,3)24-16(22)19-12-8-6-10-20(15(12)21)14-11(18)7-5-9-13(14)23-4;1-19-11-7-3-6-10(15)12(11)16-8-4-5-9(13(16)17)14(18)20-2;1-19-10-6-2-5-9(14)11(10)15-7-3-4-8(12(15)16)13(17)18;1-18-9-4-2-3-8(14)11(9)16-6-5-7(13)10(15)12(16)17;1-17-10-6-2-4-8(13)11(10)15-7-3-5-9(14)12(15)16;1-12-6-4-5-7(8(10)13-2)9(11)14-3;1-8-6(9-2)5-7(10-3)11-4/h5-10H,1-4H3,(H,19,22);3-8H,1-2H3;2-7H,1H3,(H,17,18);2-6H,15H2,1H3;2-7H,14H2,1H3;4-6H,1-3H3;6-7H,5H2,1-4H3/b;;;;;6-4-;. The third-order valence-electron chi connectivity index (χ3n) is 15.9. The number of methoxy groups -OCH3 is 13. The third kappa shape index (κ3) is 28.2. The molecule has 0 unspecified atom stereocenters. The molecule has 5 aromatic carbocycles. The van der Waals surface area contributed by atoms with Crippen molar-refractivity contribution < 1.29 is 117 Å². The van der Waals surface area contributed by atoms with E-state index in [0.717, 1.165) is 35.0 Å². The van der Waals surface area contributed by atoms with Gasteiger partial charge < -0.3 is 82.9 Å². The smallest absolute Gasteiger partial charge is 0.412 e. The van der Waals surface area contributed by atoms with E-state index in [4.69, 9.17) is 63.9 Å². The Morgan fingerprint density at radius 1 is 0.439 bits per heavy atom. The van der Waals surface area contributed by atoms with Crippen LogP contribution in [0.5, 0.6) is 28.7 Å². The van der Waals surface area contributed by atoms with Crippen LogP contribution in [0.15, 0.2) is 229 Å². The third-order valence-corrected chi connectivity index (χ3v) is 16.6. The number of hydrogen-bond donors (Lipinski definition) is 4. The summed E-state index contributed by atoms with van der Waals surface area (Å²) in [4.78, 5) is 117. The maximum atomic E-state index is 14.2. The van der Waals surface area contributed by atoms with Crippen molar-refractivity contribution in [3.05, 3.63) is 297 Å². The lowest BCUT2D eigenvalue weighted by molar-refractivity contribution is -0.178. The Labute approximate surface area is 708 Å². The van der Waals surface area contributed by atoms with Gasteiger partial charge in [-0.05, 0) is 164 Å². The van der Waals surface area contributed by atoms with Gasteiger partial charge in [0.2, 0.25) is 0 Å². The number of benzene rings is 5. The van der Waals surface area contributed by atoms with Gasteiger partial charge in [-0.1, -0.05) is 30.3 Å². The molecule has 0 aliphatic carbocycles. The van der Waals surface area contributed by atoms with Crippen molar-refractivity contribution in [3.63, 3.8) is 0 Å². The number of nitrogens with two attached hydrogens (primary N) is 2. The Bertz CT molecular complexity index is 5620. The number of carboxylic acid groups (broad SMARTS) is 1. The summed E-state index contributed by atoms with van der Waals surface area (Å²) in [5.74, 6) is -5.61. The Morgan fingerprint density at radius 2 is 0.780 bits per heavy atom. The van der Waals surface area contributed by atoms with Crippen molar-refractivity contribution in [1.29, 1.82) is 0 Å². The maximum absolute atomic E-state index is 14.2. The van der Waals surface area contributed by atoms with Gasteiger partial charge in [-0.2, -0.15) is 0 Å². The van der Waals surface area contributed by atoms with Crippen molar-refractivity contribution in [1.82, 2.24) is 22.8 Å². The van der Waals surface area contributed by atoms with E-state index in [1.54, 1.807) is 79.5 Å². The number of ether oxygens (including phenoxy) is 14. The first-order chi connectivity index (χ1) is 58.5. The normalized spacial score (nSPS) is 10.4. The summed E-state index contributed by atoms with van der Waals surface area (Å²) < 4.78 is 143. The summed E-state index contributed by atoms with van der Waals surface area (Å²) in [7, 11) is 18.2. The van der Waals surface area contributed by atoms with E-state index in [9.17, 15) is 69.9 Å². The van der Waals surface area contributed by atoms with Crippen LogP contribution in [-0.4, -0.2) is 169 Å². The molecular weight excluding hydrogens is 1700 g/mol. The summed E-state index contributed by atoms with van der Waals surface area (Å²) in [6.07, 6.45) is 10.1. The molecular formula is C84H90BrF5N8O25. The zero-order valence-corrected chi connectivity index (χ0v) is 70.8. The minimum atomic E-state index is -1.37. The Balaban J connectivity index is 0.000000304. The summed E-state index contributed by atoms with van der Waals surface area (Å²) in [6.45, 7) is 5.13. The van der Waals surface area contributed by atoms with Crippen LogP contribution in [0.4, 0.5) is 43.8 Å². The Morgan fingerprint density at radius 3 is 1.12 bits per heavy atom. The van der Waals surface area contributed by atoms with Crippen LogP contribution in [0.1, 0.15) is 47.9 Å². The van der Waals surface area contributed by atoms with E-state index < -0.39 is 98.0 Å². The van der Waals surface area contributed by atoms with E-state index in [2.05, 4.69) is 40.2 Å². The van der Waals surface area contributed by atoms with Gasteiger partial charge in [0.05, 0.1) is 75.9 Å². The maximum Gasteiger partial charge on any atom is 0.412 e. The van der Waals surface area contributed by atoms with Crippen LogP contribution in [0.25, 0.3) is 28.4 Å². The van der Waals surface area contributed by atoms with E-state index in [1.165, 1.54) is 217 Å². The number of aromatic carboxylic acids is 1.